The Kier molecular flexibility index (Phi) is 3.46. The molecule has 1 saturated heterocycles. The molecule has 86 valence electrons. The number of hydrogen-bond acceptors (Lipinski definition) is 2. The fourth-order valence-corrected chi connectivity index (χ4v) is 2.21. The van der Waals surface area contributed by atoms with Crippen LogP contribution in [0.15, 0.2) is 24.3 Å². The van der Waals surface area contributed by atoms with Crippen molar-refractivity contribution in [2.75, 3.05) is 0 Å². The molecule has 2 rings (SSSR count). The van der Waals surface area contributed by atoms with Crippen LogP contribution in [-0.2, 0) is 4.79 Å². The number of hydrogen-bond donors (Lipinski definition) is 2. The van der Waals surface area contributed by atoms with Crippen LogP contribution in [0, 0.1) is 0 Å². The van der Waals surface area contributed by atoms with E-state index >= 15 is 0 Å². The minimum Gasteiger partial charge on any atom is -0.480 e. The van der Waals surface area contributed by atoms with Gasteiger partial charge in [0.15, 0.2) is 0 Å². The van der Waals surface area contributed by atoms with Crippen molar-refractivity contribution in [1.29, 1.82) is 0 Å². The average Bonchev–Trinajstić information content (AvgIpc) is 2.30. The van der Waals surface area contributed by atoms with E-state index in [-0.39, 0.29) is 6.04 Å². The standard InChI is InChI=1S/C12H14ClNO2/c13-9-6-4-8(5-7-9)10-2-1-3-11(14-10)12(15)16/h4-7,10-11,14H,1-3H2,(H,15,16). The maximum atomic E-state index is 10.9. The molecule has 1 aliphatic heterocycles. The number of carbonyl (C=O) groups is 1. The maximum absolute atomic E-state index is 10.9. The largest absolute Gasteiger partial charge is 0.480 e. The second kappa shape index (κ2) is 4.85. The summed E-state index contributed by atoms with van der Waals surface area (Å²) in [4.78, 5) is 10.9. The minimum atomic E-state index is -0.765. The third-order valence-corrected chi connectivity index (χ3v) is 3.21. The highest BCUT2D eigenvalue weighted by atomic mass is 35.5. The highest BCUT2D eigenvalue weighted by Crippen LogP contribution is 2.26. The van der Waals surface area contributed by atoms with Crippen molar-refractivity contribution in [2.45, 2.75) is 31.3 Å². The molecule has 1 aromatic carbocycles. The molecule has 0 spiro atoms. The molecule has 2 atom stereocenters. The summed E-state index contributed by atoms with van der Waals surface area (Å²) in [7, 11) is 0. The zero-order valence-electron chi connectivity index (χ0n) is 8.82. The van der Waals surface area contributed by atoms with E-state index in [1.807, 2.05) is 24.3 Å². The number of carboxylic acids is 1. The average molecular weight is 240 g/mol. The third kappa shape index (κ3) is 2.54. The topological polar surface area (TPSA) is 49.3 Å². The molecule has 0 aliphatic carbocycles. The van der Waals surface area contributed by atoms with Crippen molar-refractivity contribution in [3.05, 3.63) is 34.9 Å². The quantitative estimate of drug-likeness (QED) is 0.834. The lowest BCUT2D eigenvalue weighted by Crippen LogP contribution is -2.42. The van der Waals surface area contributed by atoms with Crippen LogP contribution in [0.5, 0.6) is 0 Å². The Labute approximate surface area is 99.4 Å². The number of benzene rings is 1. The molecule has 1 heterocycles. The number of halogens is 1. The van der Waals surface area contributed by atoms with E-state index in [4.69, 9.17) is 16.7 Å². The first-order valence-electron chi connectivity index (χ1n) is 5.41. The molecular weight excluding hydrogens is 226 g/mol. The summed E-state index contributed by atoms with van der Waals surface area (Å²) in [5.74, 6) is -0.765. The lowest BCUT2D eigenvalue weighted by atomic mass is 9.93. The van der Waals surface area contributed by atoms with Crippen LogP contribution in [0.4, 0.5) is 0 Å². The fourth-order valence-electron chi connectivity index (χ4n) is 2.09. The van der Waals surface area contributed by atoms with Gasteiger partial charge in [0.2, 0.25) is 0 Å². The molecule has 16 heavy (non-hydrogen) atoms. The lowest BCUT2D eigenvalue weighted by Gasteiger charge is -2.28. The molecule has 1 aliphatic rings. The van der Waals surface area contributed by atoms with Crippen LogP contribution in [0.2, 0.25) is 5.02 Å². The molecule has 0 bridgehead atoms. The van der Waals surface area contributed by atoms with Gasteiger partial charge in [-0.15, -0.1) is 0 Å². The molecule has 1 aromatic rings. The second-order valence-corrected chi connectivity index (χ2v) is 4.53. The molecule has 0 amide bonds. The smallest absolute Gasteiger partial charge is 0.320 e. The number of carboxylic acid groups (broad SMARTS) is 1. The van der Waals surface area contributed by atoms with Gasteiger partial charge in [0.1, 0.15) is 6.04 Å². The van der Waals surface area contributed by atoms with Gasteiger partial charge in [-0.2, -0.15) is 0 Å². The monoisotopic (exact) mass is 239 g/mol. The zero-order chi connectivity index (χ0) is 11.5. The molecule has 3 nitrogen and oxygen atoms in total. The Morgan fingerprint density at radius 3 is 2.62 bits per heavy atom. The Morgan fingerprint density at radius 1 is 1.31 bits per heavy atom. The Hall–Kier alpha value is -1.06. The van der Waals surface area contributed by atoms with E-state index in [1.54, 1.807) is 0 Å². The summed E-state index contributed by atoms with van der Waals surface area (Å²) in [6.07, 6.45) is 2.63. The van der Waals surface area contributed by atoms with Crippen LogP contribution < -0.4 is 5.32 Å². The summed E-state index contributed by atoms with van der Waals surface area (Å²) in [6.45, 7) is 0. The van der Waals surface area contributed by atoms with Crippen molar-refractivity contribution in [3.8, 4) is 0 Å². The van der Waals surface area contributed by atoms with Crippen LogP contribution >= 0.6 is 11.6 Å². The highest BCUT2D eigenvalue weighted by molar-refractivity contribution is 6.30. The molecule has 4 heteroatoms. The normalized spacial score (nSPS) is 25.3. The third-order valence-electron chi connectivity index (χ3n) is 2.96. The molecule has 0 radical (unpaired) electrons. The Morgan fingerprint density at radius 2 is 2.00 bits per heavy atom. The van der Waals surface area contributed by atoms with Crippen molar-refractivity contribution in [2.24, 2.45) is 0 Å². The molecule has 2 unspecified atom stereocenters. The molecule has 1 fully saturated rings. The van der Waals surface area contributed by atoms with Crippen LogP contribution in [0.3, 0.4) is 0 Å². The number of nitrogens with one attached hydrogen (secondary N) is 1. The number of aliphatic carboxylic acids is 1. The van der Waals surface area contributed by atoms with Gasteiger partial charge in [-0.05, 0) is 37.0 Å². The van der Waals surface area contributed by atoms with Crippen molar-refractivity contribution >= 4 is 17.6 Å². The molecule has 0 saturated carbocycles. The van der Waals surface area contributed by atoms with Gasteiger partial charge < -0.3 is 5.11 Å². The van der Waals surface area contributed by atoms with Crippen LogP contribution in [0.1, 0.15) is 30.9 Å². The maximum Gasteiger partial charge on any atom is 0.320 e. The van der Waals surface area contributed by atoms with E-state index in [1.165, 1.54) is 0 Å². The fraction of sp³-hybridized carbons (Fsp3) is 0.417. The Bertz CT molecular complexity index is 377. The van der Waals surface area contributed by atoms with Gasteiger partial charge in [0.05, 0.1) is 0 Å². The summed E-state index contributed by atoms with van der Waals surface area (Å²) in [6, 6.07) is 7.28. The first-order chi connectivity index (χ1) is 7.66. The highest BCUT2D eigenvalue weighted by Gasteiger charge is 2.26. The summed E-state index contributed by atoms with van der Waals surface area (Å²) < 4.78 is 0. The van der Waals surface area contributed by atoms with Crippen LogP contribution in [-0.4, -0.2) is 17.1 Å². The summed E-state index contributed by atoms with van der Waals surface area (Å²) in [5.41, 5.74) is 1.11. The molecular formula is C12H14ClNO2. The predicted octanol–water partition coefficient (Wildman–Crippen LogP) is 2.61. The van der Waals surface area contributed by atoms with Gasteiger partial charge in [-0.3, -0.25) is 10.1 Å². The van der Waals surface area contributed by atoms with Crippen molar-refractivity contribution in [3.63, 3.8) is 0 Å². The van der Waals surface area contributed by atoms with Gasteiger partial charge in [0, 0.05) is 11.1 Å². The zero-order valence-corrected chi connectivity index (χ0v) is 9.57. The van der Waals surface area contributed by atoms with E-state index in [2.05, 4.69) is 5.32 Å². The Balaban J connectivity index is 2.09. The van der Waals surface area contributed by atoms with Gasteiger partial charge >= 0.3 is 5.97 Å². The first kappa shape index (κ1) is 11.4. The molecule has 2 N–H and O–H groups in total. The van der Waals surface area contributed by atoms with E-state index in [0.29, 0.717) is 11.4 Å². The van der Waals surface area contributed by atoms with Crippen molar-refractivity contribution in [1.82, 2.24) is 5.32 Å². The molecule has 0 aromatic heterocycles. The number of rotatable bonds is 2. The predicted molar refractivity (Wildman–Crippen MR) is 62.6 cm³/mol. The van der Waals surface area contributed by atoms with E-state index < -0.39 is 12.0 Å². The van der Waals surface area contributed by atoms with E-state index in [9.17, 15) is 4.79 Å². The minimum absolute atomic E-state index is 0.132. The summed E-state index contributed by atoms with van der Waals surface area (Å²) in [5, 5.41) is 12.8. The van der Waals surface area contributed by atoms with Gasteiger partial charge in [-0.25, -0.2) is 0 Å². The lowest BCUT2D eigenvalue weighted by molar-refractivity contribution is -0.140. The van der Waals surface area contributed by atoms with Gasteiger partial charge in [0.25, 0.3) is 0 Å². The van der Waals surface area contributed by atoms with Crippen molar-refractivity contribution < 1.29 is 9.90 Å². The summed E-state index contributed by atoms with van der Waals surface area (Å²) >= 11 is 5.82. The second-order valence-electron chi connectivity index (χ2n) is 4.09. The number of piperidine rings is 1. The van der Waals surface area contributed by atoms with E-state index in [0.717, 1.165) is 18.4 Å². The van der Waals surface area contributed by atoms with Gasteiger partial charge in [-0.1, -0.05) is 23.7 Å². The SMILES string of the molecule is O=C(O)C1CCCC(c2ccc(Cl)cc2)N1. The first-order valence-corrected chi connectivity index (χ1v) is 5.79. The van der Waals surface area contributed by atoms with Crippen LogP contribution in [0.25, 0.3) is 0 Å².